The molecule has 2 nitrogen and oxygen atoms in total. The number of nitrogens with two attached hydrogens (primary N) is 1. The van der Waals surface area contributed by atoms with Crippen molar-refractivity contribution in [3.63, 3.8) is 0 Å². The molecule has 0 amide bonds. The third kappa shape index (κ3) is 3.88. The first kappa shape index (κ1) is 13.1. The maximum Gasteiger partial charge on any atom is 0.0601 e. The van der Waals surface area contributed by atoms with Gasteiger partial charge in [0.1, 0.15) is 0 Å². The molecule has 0 unspecified atom stereocenters. The second-order valence-corrected chi connectivity index (χ2v) is 4.62. The quantitative estimate of drug-likeness (QED) is 0.664. The number of terminal acetylenes is 1. The average molecular weight is 281 g/mol. The first-order valence-corrected chi connectivity index (χ1v) is 6.16. The summed E-state index contributed by atoms with van der Waals surface area (Å²) in [5.41, 5.74) is 7.81. The van der Waals surface area contributed by atoms with Crippen molar-refractivity contribution in [1.29, 1.82) is 0 Å². The largest absolute Gasteiger partial charge is 0.398 e. The van der Waals surface area contributed by atoms with Gasteiger partial charge >= 0.3 is 0 Å². The maximum atomic E-state index is 5.84. The van der Waals surface area contributed by atoms with Crippen molar-refractivity contribution in [2.45, 2.75) is 19.9 Å². The zero-order chi connectivity index (χ0) is 12.0. The van der Waals surface area contributed by atoms with E-state index in [0.29, 0.717) is 6.54 Å². The van der Waals surface area contributed by atoms with Crippen LogP contribution in [0.1, 0.15) is 18.9 Å². The molecule has 0 aliphatic rings. The fraction of sp³-hybridized carbons (Fsp3) is 0.385. The molecule has 86 valence electrons. The number of benzene rings is 1. The Morgan fingerprint density at radius 3 is 2.81 bits per heavy atom. The standard InChI is InChI=1S/C13H17BrN2/c1-3-7-16(8-4-2)10-11-5-6-12(14)13(15)9-11/h1,5-6,9H,4,7-8,10,15H2,2H3. The summed E-state index contributed by atoms with van der Waals surface area (Å²) in [5, 5.41) is 0. The highest BCUT2D eigenvalue weighted by atomic mass is 79.9. The number of rotatable bonds is 5. The lowest BCUT2D eigenvalue weighted by atomic mass is 10.2. The van der Waals surface area contributed by atoms with E-state index < -0.39 is 0 Å². The molecule has 16 heavy (non-hydrogen) atoms. The van der Waals surface area contributed by atoms with Crippen LogP contribution in [-0.4, -0.2) is 18.0 Å². The molecule has 1 aromatic rings. The number of hydrogen-bond donors (Lipinski definition) is 1. The van der Waals surface area contributed by atoms with E-state index in [9.17, 15) is 0 Å². The topological polar surface area (TPSA) is 29.3 Å². The number of anilines is 1. The Hall–Kier alpha value is -0.980. The van der Waals surface area contributed by atoms with Gasteiger partial charge in [-0.2, -0.15) is 0 Å². The smallest absolute Gasteiger partial charge is 0.0601 e. The van der Waals surface area contributed by atoms with Gasteiger partial charge < -0.3 is 5.73 Å². The second kappa shape index (κ2) is 6.57. The minimum atomic E-state index is 0.684. The molecule has 0 radical (unpaired) electrons. The van der Waals surface area contributed by atoms with Gasteiger partial charge in [0.15, 0.2) is 0 Å². The van der Waals surface area contributed by atoms with E-state index in [1.165, 1.54) is 5.56 Å². The van der Waals surface area contributed by atoms with Crippen LogP contribution >= 0.6 is 15.9 Å². The molecule has 0 spiro atoms. The minimum Gasteiger partial charge on any atom is -0.398 e. The maximum absolute atomic E-state index is 5.84. The molecular weight excluding hydrogens is 264 g/mol. The van der Waals surface area contributed by atoms with E-state index >= 15 is 0 Å². The molecule has 0 bridgehead atoms. The zero-order valence-electron chi connectivity index (χ0n) is 9.54. The van der Waals surface area contributed by atoms with Crippen LogP contribution in [0, 0.1) is 12.3 Å². The van der Waals surface area contributed by atoms with Crippen molar-refractivity contribution in [2.24, 2.45) is 0 Å². The predicted molar refractivity (Wildman–Crippen MR) is 73.0 cm³/mol. The lowest BCUT2D eigenvalue weighted by Gasteiger charge is -2.19. The van der Waals surface area contributed by atoms with Crippen LogP contribution in [0.25, 0.3) is 0 Å². The van der Waals surface area contributed by atoms with Gasteiger partial charge in [-0.15, -0.1) is 6.42 Å². The van der Waals surface area contributed by atoms with E-state index in [2.05, 4.69) is 39.7 Å². The summed E-state index contributed by atoms with van der Waals surface area (Å²) < 4.78 is 0.940. The summed E-state index contributed by atoms with van der Waals surface area (Å²) in [7, 11) is 0. The number of halogens is 1. The summed E-state index contributed by atoms with van der Waals surface area (Å²) in [6.07, 6.45) is 6.45. The Labute approximate surface area is 106 Å². The molecule has 1 rings (SSSR count). The fourth-order valence-electron chi connectivity index (χ4n) is 1.61. The normalized spacial score (nSPS) is 10.4. The van der Waals surface area contributed by atoms with Crippen LogP contribution in [0.2, 0.25) is 0 Å². The molecule has 1 aromatic carbocycles. The van der Waals surface area contributed by atoms with E-state index in [1.807, 2.05) is 12.1 Å². The van der Waals surface area contributed by atoms with Crippen molar-refractivity contribution < 1.29 is 0 Å². The van der Waals surface area contributed by atoms with Crippen LogP contribution < -0.4 is 5.73 Å². The van der Waals surface area contributed by atoms with E-state index in [1.54, 1.807) is 0 Å². The highest BCUT2D eigenvalue weighted by molar-refractivity contribution is 9.10. The predicted octanol–water partition coefficient (Wildman–Crippen LogP) is 2.88. The Morgan fingerprint density at radius 2 is 2.25 bits per heavy atom. The number of nitrogen functional groups attached to an aromatic ring is 1. The molecule has 0 aromatic heterocycles. The summed E-state index contributed by atoms with van der Waals surface area (Å²) in [4.78, 5) is 2.24. The molecule has 0 saturated heterocycles. The summed E-state index contributed by atoms with van der Waals surface area (Å²) >= 11 is 3.39. The first-order chi connectivity index (χ1) is 7.67. The second-order valence-electron chi connectivity index (χ2n) is 3.77. The number of hydrogen-bond acceptors (Lipinski definition) is 2. The average Bonchev–Trinajstić information content (AvgIpc) is 2.24. The minimum absolute atomic E-state index is 0.684. The van der Waals surface area contributed by atoms with Gasteiger partial charge in [-0.1, -0.05) is 18.9 Å². The van der Waals surface area contributed by atoms with Crippen LogP contribution in [0.5, 0.6) is 0 Å². The summed E-state index contributed by atoms with van der Waals surface area (Å²) in [6, 6.07) is 6.04. The van der Waals surface area contributed by atoms with E-state index in [-0.39, 0.29) is 0 Å². The Morgan fingerprint density at radius 1 is 1.50 bits per heavy atom. The first-order valence-electron chi connectivity index (χ1n) is 5.37. The van der Waals surface area contributed by atoms with Crippen molar-refractivity contribution in [2.75, 3.05) is 18.8 Å². The van der Waals surface area contributed by atoms with Gasteiger partial charge in [-0.05, 0) is 46.6 Å². The molecule has 0 saturated carbocycles. The van der Waals surface area contributed by atoms with Crippen molar-refractivity contribution in [3.05, 3.63) is 28.2 Å². The van der Waals surface area contributed by atoms with Crippen LogP contribution in [0.15, 0.2) is 22.7 Å². The fourth-order valence-corrected chi connectivity index (χ4v) is 1.86. The third-order valence-electron chi connectivity index (χ3n) is 2.32. The highest BCUT2D eigenvalue weighted by Crippen LogP contribution is 2.20. The summed E-state index contributed by atoms with van der Waals surface area (Å²) in [5.74, 6) is 2.68. The van der Waals surface area contributed by atoms with Crippen molar-refractivity contribution in [3.8, 4) is 12.3 Å². The molecule has 0 heterocycles. The Bertz CT molecular complexity index is 382. The van der Waals surface area contributed by atoms with Crippen LogP contribution in [0.3, 0.4) is 0 Å². The van der Waals surface area contributed by atoms with Crippen molar-refractivity contribution >= 4 is 21.6 Å². The molecular formula is C13H17BrN2. The van der Waals surface area contributed by atoms with Gasteiger partial charge in [-0.25, -0.2) is 0 Å². The zero-order valence-corrected chi connectivity index (χ0v) is 11.1. The lowest BCUT2D eigenvalue weighted by Crippen LogP contribution is -2.24. The van der Waals surface area contributed by atoms with Gasteiger partial charge in [0, 0.05) is 16.7 Å². The number of nitrogens with zero attached hydrogens (tertiary/aromatic N) is 1. The summed E-state index contributed by atoms with van der Waals surface area (Å²) in [6.45, 7) is 4.71. The van der Waals surface area contributed by atoms with Crippen LogP contribution in [0.4, 0.5) is 5.69 Å². The van der Waals surface area contributed by atoms with E-state index in [4.69, 9.17) is 12.2 Å². The van der Waals surface area contributed by atoms with Gasteiger partial charge in [0.2, 0.25) is 0 Å². The molecule has 0 aliphatic carbocycles. The lowest BCUT2D eigenvalue weighted by molar-refractivity contribution is 0.300. The van der Waals surface area contributed by atoms with Gasteiger partial charge in [0.05, 0.1) is 6.54 Å². The SMILES string of the molecule is C#CCN(CCC)Cc1ccc(Br)c(N)c1. The Balaban J connectivity index is 2.69. The molecule has 0 aliphatic heterocycles. The third-order valence-corrected chi connectivity index (χ3v) is 3.04. The molecule has 2 N–H and O–H groups in total. The highest BCUT2D eigenvalue weighted by Gasteiger charge is 2.04. The van der Waals surface area contributed by atoms with E-state index in [0.717, 1.165) is 29.7 Å². The monoisotopic (exact) mass is 280 g/mol. The Kier molecular flexibility index (Phi) is 5.37. The van der Waals surface area contributed by atoms with Gasteiger partial charge in [-0.3, -0.25) is 4.90 Å². The molecule has 3 heteroatoms. The van der Waals surface area contributed by atoms with Crippen LogP contribution in [-0.2, 0) is 6.54 Å². The molecule has 0 fully saturated rings. The van der Waals surface area contributed by atoms with Gasteiger partial charge in [0.25, 0.3) is 0 Å². The molecule has 0 atom stereocenters. The van der Waals surface area contributed by atoms with Crippen molar-refractivity contribution in [1.82, 2.24) is 4.90 Å².